The number of hydrogen-bond acceptors (Lipinski definition) is 3. The molecule has 134 valence electrons. The number of piperazine rings is 1. The molecule has 0 saturated carbocycles. The van der Waals surface area contributed by atoms with Crippen LogP contribution in [0.5, 0.6) is 0 Å². The van der Waals surface area contributed by atoms with E-state index in [1.165, 1.54) is 4.31 Å². The number of primary amides is 1. The summed E-state index contributed by atoms with van der Waals surface area (Å²) < 4.78 is 63.9. The molecular weight excluding hydrogens is 347 g/mol. The molecule has 1 fully saturated rings. The van der Waals surface area contributed by atoms with Gasteiger partial charge in [0.15, 0.2) is 6.04 Å². The quantitative estimate of drug-likeness (QED) is 0.751. The third-order valence-electron chi connectivity index (χ3n) is 4.22. The van der Waals surface area contributed by atoms with Gasteiger partial charge in [0.05, 0.1) is 36.6 Å². The molecule has 1 atom stereocenters. The number of benzene rings is 1. The highest BCUT2D eigenvalue weighted by Crippen LogP contribution is 2.30. The Morgan fingerprint density at radius 1 is 1.21 bits per heavy atom. The van der Waals surface area contributed by atoms with E-state index in [1.807, 2.05) is 0 Å². The smallest absolute Gasteiger partial charge is 0.365 e. The van der Waals surface area contributed by atoms with Crippen LogP contribution in [0.25, 0.3) is 0 Å². The highest BCUT2D eigenvalue weighted by Gasteiger charge is 2.35. The summed E-state index contributed by atoms with van der Waals surface area (Å²) in [7, 11) is -3.86. The monoisotopic (exact) mass is 366 g/mol. The first kappa shape index (κ1) is 18.7. The van der Waals surface area contributed by atoms with Crippen LogP contribution in [0, 0.1) is 0 Å². The minimum absolute atomic E-state index is 0.177. The van der Waals surface area contributed by atoms with Crippen molar-refractivity contribution in [3.8, 4) is 0 Å². The molecule has 0 unspecified atom stereocenters. The van der Waals surface area contributed by atoms with E-state index < -0.39 is 33.7 Å². The molecule has 0 aromatic heterocycles. The minimum atomic E-state index is -4.51. The standard InChI is InChI=1S/C14H18F3N3O3S/c1-10(13(18)21)19-6-8-20(9-7-19)24(22,23)12-4-2-11(3-5-12)14(15,16)17/h2-5,10H,6-9H2,1H3,(H2,18,21)/p+1/t10-/m1/s1. The largest absolute Gasteiger partial charge is 0.416 e. The van der Waals surface area contributed by atoms with E-state index in [4.69, 9.17) is 5.73 Å². The van der Waals surface area contributed by atoms with Gasteiger partial charge in [-0.3, -0.25) is 4.79 Å². The average molecular weight is 366 g/mol. The summed E-state index contributed by atoms with van der Waals surface area (Å²) in [6.07, 6.45) is -4.51. The minimum Gasteiger partial charge on any atom is -0.365 e. The lowest BCUT2D eigenvalue weighted by Crippen LogP contribution is -3.19. The lowest BCUT2D eigenvalue weighted by molar-refractivity contribution is -0.917. The molecule has 2 rings (SSSR count). The van der Waals surface area contributed by atoms with Gasteiger partial charge < -0.3 is 10.6 Å². The van der Waals surface area contributed by atoms with Gasteiger partial charge in [0.2, 0.25) is 10.0 Å². The summed E-state index contributed by atoms with van der Waals surface area (Å²) in [5.41, 5.74) is 4.35. The summed E-state index contributed by atoms with van der Waals surface area (Å²) in [6.45, 7) is 2.85. The fourth-order valence-corrected chi connectivity index (χ4v) is 4.05. The van der Waals surface area contributed by atoms with Crippen LogP contribution in [0.1, 0.15) is 12.5 Å². The van der Waals surface area contributed by atoms with Gasteiger partial charge in [-0.1, -0.05) is 0 Å². The summed E-state index contributed by atoms with van der Waals surface area (Å²) >= 11 is 0. The van der Waals surface area contributed by atoms with Crippen LogP contribution in [0.15, 0.2) is 29.2 Å². The van der Waals surface area contributed by atoms with Crippen LogP contribution in [0.4, 0.5) is 13.2 Å². The molecule has 1 aliphatic rings. The van der Waals surface area contributed by atoms with Crippen molar-refractivity contribution in [2.45, 2.75) is 24.0 Å². The van der Waals surface area contributed by atoms with Crippen molar-refractivity contribution in [1.29, 1.82) is 0 Å². The number of sulfonamides is 1. The molecule has 1 aliphatic heterocycles. The number of nitrogens with zero attached hydrogens (tertiary/aromatic N) is 1. The van der Waals surface area contributed by atoms with Gasteiger partial charge >= 0.3 is 6.18 Å². The molecule has 3 N–H and O–H groups in total. The van der Waals surface area contributed by atoms with E-state index >= 15 is 0 Å². The number of nitrogens with one attached hydrogen (secondary N) is 1. The molecule has 0 radical (unpaired) electrons. The zero-order valence-electron chi connectivity index (χ0n) is 13.0. The lowest BCUT2D eigenvalue weighted by atomic mass is 10.2. The zero-order valence-corrected chi connectivity index (χ0v) is 13.8. The Morgan fingerprint density at radius 3 is 2.12 bits per heavy atom. The van der Waals surface area contributed by atoms with Crippen molar-refractivity contribution in [3.05, 3.63) is 29.8 Å². The molecule has 24 heavy (non-hydrogen) atoms. The molecule has 0 bridgehead atoms. The Balaban J connectivity index is 2.11. The number of nitrogens with two attached hydrogens (primary N) is 1. The molecule has 0 aliphatic carbocycles. The van der Waals surface area contributed by atoms with Crippen molar-refractivity contribution in [2.24, 2.45) is 5.73 Å². The Bertz CT molecular complexity index is 696. The van der Waals surface area contributed by atoms with Crippen molar-refractivity contribution < 1.29 is 31.3 Å². The zero-order chi connectivity index (χ0) is 18.1. The third kappa shape index (κ3) is 3.87. The van der Waals surface area contributed by atoms with Gasteiger partial charge in [0, 0.05) is 0 Å². The fourth-order valence-electron chi connectivity index (χ4n) is 2.61. The summed E-state index contributed by atoms with van der Waals surface area (Å²) in [5.74, 6) is -0.455. The van der Waals surface area contributed by atoms with Crippen molar-refractivity contribution in [3.63, 3.8) is 0 Å². The molecule has 1 amide bonds. The predicted octanol–water partition coefficient (Wildman–Crippen LogP) is -0.532. The Kier molecular flexibility index (Phi) is 5.21. The maximum absolute atomic E-state index is 12.6. The number of quaternary nitrogens is 1. The molecule has 1 heterocycles. The summed E-state index contributed by atoms with van der Waals surface area (Å²) in [6, 6.07) is 3.01. The first-order chi connectivity index (χ1) is 11.0. The van der Waals surface area contributed by atoms with Gasteiger partial charge in [-0.2, -0.15) is 17.5 Å². The Labute approximate surface area is 138 Å². The lowest BCUT2D eigenvalue weighted by Gasteiger charge is -2.33. The highest BCUT2D eigenvalue weighted by atomic mass is 32.2. The first-order valence-electron chi connectivity index (χ1n) is 7.35. The molecule has 1 aromatic rings. The maximum Gasteiger partial charge on any atom is 0.416 e. The molecule has 10 heteroatoms. The number of halogens is 3. The van der Waals surface area contributed by atoms with Crippen molar-refractivity contribution in [2.75, 3.05) is 26.2 Å². The van der Waals surface area contributed by atoms with Crippen LogP contribution >= 0.6 is 0 Å². The summed E-state index contributed by atoms with van der Waals surface area (Å²) in [4.78, 5) is 11.9. The second-order valence-corrected chi connectivity index (χ2v) is 7.65. The van der Waals surface area contributed by atoms with Gasteiger partial charge in [0.25, 0.3) is 5.91 Å². The maximum atomic E-state index is 12.6. The van der Waals surface area contributed by atoms with Gasteiger partial charge in [-0.15, -0.1) is 0 Å². The van der Waals surface area contributed by atoms with Crippen molar-refractivity contribution >= 4 is 15.9 Å². The van der Waals surface area contributed by atoms with Gasteiger partial charge in [-0.25, -0.2) is 8.42 Å². The van der Waals surface area contributed by atoms with Crippen LogP contribution in [-0.2, 0) is 21.0 Å². The van der Waals surface area contributed by atoms with E-state index in [2.05, 4.69) is 0 Å². The van der Waals surface area contributed by atoms with E-state index in [0.717, 1.165) is 29.2 Å². The number of carbonyl (C=O) groups is 1. The van der Waals surface area contributed by atoms with Crippen molar-refractivity contribution in [1.82, 2.24) is 4.31 Å². The Hall–Kier alpha value is -1.65. The fraction of sp³-hybridized carbons (Fsp3) is 0.500. The normalized spacial score (nSPS) is 19.2. The van der Waals surface area contributed by atoms with Gasteiger partial charge in [-0.05, 0) is 31.2 Å². The molecule has 0 spiro atoms. The molecule has 1 aromatic carbocycles. The van der Waals surface area contributed by atoms with Crippen LogP contribution in [0.2, 0.25) is 0 Å². The SMILES string of the molecule is C[C@H](C(N)=O)[NH+]1CCN(S(=O)(=O)c2ccc(C(F)(F)F)cc2)CC1. The molecular formula is C14H19F3N3O3S+. The summed E-state index contributed by atoms with van der Waals surface area (Å²) in [5, 5.41) is 0. The number of alkyl halides is 3. The average Bonchev–Trinajstić information content (AvgIpc) is 2.53. The van der Waals surface area contributed by atoms with Gasteiger partial charge in [0.1, 0.15) is 0 Å². The predicted molar refractivity (Wildman–Crippen MR) is 79.6 cm³/mol. The third-order valence-corrected chi connectivity index (χ3v) is 6.14. The molecule has 6 nitrogen and oxygen atoms in total. The van der Waals surface area contributed by atoms with E-state index in [-0.39, 0.29) is 18.0 Å². The second kappa shape index (κ2) is 6.69. The van der Waals surface area contributed by atoms with E-state index in [0.29, 0.717) is 13.1 Å². The first-order valence-corrected chi connectivity index (χ1v) is 8.79. The number of carbonyl (C=O) groups excluding carboxylic acids is 1. The van der Waals surface area contributed by atoms with E-state index in [1.54, 1.807) is 6.92 Å². The Morgan fingerprint density at radius 2 is 1.71 bits per heavy atom. The van der Waals surface area contributed by atoms with E-state index in [9.17, 15) is 26.4 Å². The number of hydrogen-bond donors (Lipinski definition) is 2. The molecule has 1 saturated heterocycles. The highest BCUT2D eigenvalue weighted by molar-refractivity contribution is 7.89. The van der Waals surface area contributed by atoms with Crippen LogP contribution in [-0.4, -0.2) is 50.9 Å². The topological polar surface area (TPSA) is 84.9 Å². The van der Waals surface area contributed by atoms with Crippen LogP contribution < -0.4 is 10.6 Å². The van der Waals surface area contributed by atoms with Crippen LogP contribution in [0.3, 0.4) is 0 Å². The number of rotatable bonds is 4. The second-order valence-electron chi connectivity index (χ2n) is 5.71. The number of amides is 1.